The second-order valence-electron chi connectivity index (χ2n) is 7.14. The second-order valence-corrected chi connectivity index (χ2v) is 7.14. The van der Waals surface area contributed by atoms with Crippen LogP contribution in [0.1, 0.15) is 5.56 Å². The average Bonchev–Trinajstić information content (AvgIpc) is 3.15. The Morgan fingerprint density at radius 1 is 0.871 bits per heavy atom. The number of nitrogens with zero attached hydrogens (tertiary/aromatic N) is 3. The van der Waals surface area contributed by atoms with Gasteiger partial charge in [-0.25, -0.2) is 0 Å². The van der Waals surface area contributed by atoms with E-state index >= 15 is 0 Å². The molecule has 156 valence electrons. The van der Waals surface area contributed by atoms with Gasteiger partial charge in [-0.15, -0.1) is 0 Å². The molecule has 6 nitrogen and oxygen atoms in total. The predicted octanol–water partition coefficient (Wildman–Crippen LogP) is 4.85. The third kappa shape index (κ3) is 4.28. The van der Waals surface area contributed by atoms with Gasteiger partial charge in [0, 0.05) is 31.4 Å². The molecule has 0 atom stereocenters. The highest BCUT2D eigenvalue weighted by Gasteiger charge is 2.29. The Bertz CT molecular complexity index is 1100. The summed E-state index contributed by atoms with van der Waals surface area (Å²) in [5.41, 5.74) is 3.41. The average molecular weight is 413 g/mol. The molecule has 0 aromatic heterocycles. The van der Waals surface area contributed by atoms with Crippen LogP contribution in [0.3, 0.4) is 0 Å². The normalized spacial score (nSPS) is 14.2. The van der Waals surface area contributed by atoms with Gasteiger partial charge in [-0.2, -0.15) is 4.99 Å². The lowest BCUT2D eigenvalue weighted by Gasteiger charge is -2.23. The first-order valence-electron chi connectivity index (χ1n) is 9.85. The fraction of sp³-hybridized carbons (Fsp3) is 0.120. The van der Waals surface area contributed by atoms with Crippen molar-refractivity contribution in [2.45, 2.75) is 0 Å². The number of hydrogen-bond donors (Lipinski definition) is 0. The first kappa shape index (κ1) is 20.2. The molecule has 1 amide bonds. The maximum absolute atomic E-state index is 12.7. The summed E-state index contributed by atoms with van der Waals surface area (Å²) in [6.45, 7) is 0. The van der Waals surface area contributed by atoms with E-state index in [4.69, 9.17) is 9.47 Å². The van der Waals surface area contributed by atoms with Crippen LogP contribution in [0.2, 0.25) is 0 Å². The molecule has 0 saturated carbocycles. The van der Waals surface area contributed by atoms with Crippen LogP contribution >= 0.6 is 0 Å². The van der Waals surface area contributed by atoms with Crippen molar-refractivity contribution < 1.29 is 14.3 Å². The van der Waals surface area contributed by atoms with Crippen molar-refractivity contribution >= 4 is 35.1 Å². The number of hydrogen-bond acceptors (Lipinski definition) is 5. The van der Waals surface area contributed by atoms with Gasteiger partial charge in [0.25, 0.3) is 0 Å². The van der Waals surface area contributed by atoms with Crippen molar-refractivity contribution in [3.8, 4) is 5.75 Å². The zero-order valence-electron chi connectivity index (χ0n) is 17.6. The standard InChI is InChI=1S/C25H23N3O3/c1-27(2)21-15-14-18(22(17-21)30-3)16-23-24(29)26-25(31-23)28(19-10-6-4-7-11-19)20-12-8-5-9-13-20/h4-17H,1-3H3/b23-16+. The molecule has 1 heterocycles. The number of benzene rings is 3. The molecule has 31 heavy (non-hydrogen) atoms. The van der Waals surface area contributed by atoms with Crippen LogP contribution in [0.25, 0.3) is 6.08 Å². The Labute approximate surface area is 181 Å². The zero-order valence-corrected chi connectivity index (χ0v) is 17.6. The SMILES string of the molecule is COc1cc(N(C)C)ccc1/C=C1/OC(N(c2ccccc2)c2ccccc2)=NC1=O. The van der Waals surface area contributed by atoms with E-state index in [1.807, 2.05) is 103 Å². The van der Waals surface area contributed by atoms with Gasteiger partial charge in [0.1, 0.15) is 5.75 Å². The molecule has 0 N–H and O–H groups in total. The topological polar surface area (TPSA) is 54.4 Å². The lowest BCUT2D eigenvalue weighted by Crippen LogP contribution is -2.25. The fourth-order valence-electron chi connectivity index (χ4n) is 3.26. The van der Waals surface area contributed by atoms with Crippen molar-refractivity contribution in [1.82, 2.24) is 0 Å². The minimum absolute atomic E-state index is 0.141. The summed E-state index contributed by atoms with van der Waals surface area (Å²) in [5.74, 6) is 0.347. The molecule has 6 heteroatoms. The highest BCUT2D eigenvalue weighted by Crippen LogP contribution is 2.31. The number of ether oxygens (including phenoxy) is 2. The van der Waals surface area contributed by atoms with Crippen LogP contribution in [0.4, 0.5) is 17.1 Å². The van der Waals surface area contributed by atoms with Gasteiger partial charge in [0.05, 0.1) is 18.5 Å². The molecule has 1 aliphatic heterocycles. The van der Waals surface area contributed by atoms with Crippen molar-refractivity contribution in [1.29, 1.82) is 0 Å². The van der Waals surface area contributed by atoms with Crippen LogP contribution in [-0.2, 0) is 9.53 Å². The maximum Gasteiger partial charge on any atom is 0.317 e. The van der Waals surface area contributed by atoms with Crippen molar-refractivity contribution in [2.75, 3.05) is 31.0 Å². The smallest absolute Gasteiger partial charge is 0.317 e. The highest BCUT2D eigenvalue weighted by atomic mass is 16.5. The first-order valence-corrected chi connectivity index (χ1v) is 9.85. The molecular weight excluding hydrogens is 390 g/mol. The first-order chi connectivity index (χ1) is 15.1. The monoisotopic (exact) mass is 413 g/mol. The van der Waals surface area contributed by atoms with Crippen molar-refractivity contribution in [3.63, 3.8) is 0 Å². The predicted molar refractivity (Wildman–Crippen MR) is 124 cm³/mol. The third-order valence-corrected chi connectivity index (χ3v) is 4.85. The number of para-hydroxylation sites is 2. The van der Waals surface area contributed by atoms with E-state index < -0.39 is 5.91 Å². The minimum atomic E-state index is -0.439. The fourth-order valence-corrected chi connectivity index (χ4v) is 3.26. The van der Waals surface area contributed by atoms with E-state index in [-0.39, 0.29) is 11.8 Å². The molecule has 3 aromatic rings. The zero-order chi connectivity index (χ0) is 21.8. The van der Waals surface area contributed by atoms with Crippen molar-refractivity contribution in [2.24, 2.45) is 4.99 Å². The summed E-state index contributed by atoms with van der Waals surface area (Å²) in [7, 11) is 5.51. The summed E-state index contributed by atoms with van der Waals surface area (Å²) in [4.78, 5) is 20.7. The quantitative estimate of drug-likeness (QED) is 0.560. The van der Waals surface area contributed by atoms with Crippen LogP contribution in [0.5, 0.6) is 5.75 Å². The van der Waals surface area contributed by atoms with Gasteiger partial charge in [0.2, 0.25) is 0 Å². The Morgan fingerprint density at radius 2 is 1.48 bits per heavy atom. The Hall–Kier alpha value is -4.06. The number of aliphatic imine (C=N–C) groups is 1. The van der Waals surface area contributed by atoms with Gasteiger partial charge in [0.15, 0.2) is 5.76 Å². The molecule has 0 unspecified atom stereocenters. The van der Waals surface area contributed by atoms with Gasteiger partial charge < -0.3 is 14.4 Å². The molecule has 0 fully saturated rings. The summed E-state index contributed by atoms with van der Waals surface area (Å²) in [6.07, 6.45) is 1.66. The number of methoxy groups -OCH3 is 1. The van der Waals surface area contributed by atoms with E-state index in [0.717, 1.165) is 22.6 Å². The number of amidine groups is 1. The maximum atomic E-state index is 12.7. The van der Waals surface area contributed by atoms with E-state index in [2.05, 4.69) is 4.99 Å². The summed E-state index contributed by atoms with van der Waals surface area (Å²) >= 11 is 0. The molecule has 1 aliphatic rings. The summed E-state index contributed by atoms with van der Waals surface area (Å²) in [5, 5.41) is 0. The molecule has 0 spiro atoms. The van der Waals surface area contributed by atoms with E-state index in [1.165, 1.54) is 0 Å². The largest absolute Gasteiger partial charge is 0.496 e. The number of amides is 1. The molecular formula is C25H23N3O3. The second kappa shape index (κ2) is 8.75. The molecule has 3 aromatic carbocycles. The molecule has 4 rings (SSSR count). The Balaban J connectivity index is 1.68. The number of carbonyl (C=O) groups is 1. The van der Waals surface area contributed by atoms with Crippen molar-refractivity contribution in [3.05, 3.63) is 90.2 Å². The Morgan fingerprint density at radius 3 is 2.03 bits per heavy atom. The molecule has 0 aliphatic carbocycles. The lowest BCUT2D eigenvalue weighted by molar-refractivity contribution is -0.115. The third-order valence-electron chi connectivity index (χ3n) is 4.85. The molecule has 0 radical (unpaired) electrons. The Kier molecular flexibility index (Phi) is 5.71. The number of anilines is 3. The van der Waals surface area contributed by atoms with Crippen LogP contribution in [0, 0.1) is 0 Å². The highest BCUT2D eigenvalue weighted by molar-refractivity contribution is 6.15. The van der Waals surface area contributed by atoms with Crippen LogP contribution < -0.4 is 14.5 Å². The number of rotatable bonds is 5. The molecule has 0 bridgehead atoms. The van der Waals surface area contributed by atoms with Gasteiger partial charge >= 0.3 is 11.9 Å². The molecule has 0 saturated heterocycles. The van der Waals surface area contributed by atoms with Crippen LogP contribution in [-0.4, -0.2) is 33.1 Å². The minimum Gasteiger partial charge on any atom is -0.496 e. The number of carbonyl (C=O) groups excluding carboxylic acids is 1. The van der Waals surface area contributed by atoms with E-state index in [1.54, 1.807) is 13.2 Å². The summed E-state index contributed by atoms with van der Waals surface area (Å²) in [6, 6.07) is 25.3. The summed E-state index contributed by atoms with van der Waals surface area (Å²) < 4.78 is 11.5. The van der Waals surface area contributed by atoms with E-state index in [0.29, 0.717) is 5.75 Å². The van der Waals surface area contributed by atoms with Gasteiger partial charge in [-0.3, -0.25) is 9.69 Å². The van der Waals surface area contributed by atoms with E-state index in [9.17, 15) is 4.79 Å². The van der Waals surface area contributed by atoms with Gasteiger partial charge in [-0.05, 0) is 42.5 Å². The van der Waals surface area contributed by atoms with Gasteiger partial charge in [-0.1, -0.05) is 36.4 Å². The van der Waals surface area contributed by atoms with Crippen LogP contribution in [0.15, 0.2) is 89.6 Å². The lowest BCUT2D eigenvalue weighted by atomic mass is 10.1.